The van der Waals surface area contributed by atoms with Crippen molar-refractivity contribution in [2.24, 2.45) is 7.05 Å². The van der Waals surface area contributed by atoms with Gasteiger partial charge in [-0.05, 0) is 18.4 Å². The van der Waals surface area contributed by atoms with Crippen LogP contribution in [-0.4, -0.2) is 44.2 Å². The third-order valence-electron chi connectivity index (χ3n) is 2.82. The van der Waals surface area contributed by atoms with Crippen LogP contribution in [0.1, 0.15) is 6.42 Å². The van der Waals surface area contributed by atoms with E-state index in [-0.39, 0.29) is 6.54 Å². The van der Waals surface area contributed by atoms with E-state index in [1.807, 2.05) is 6.26 Å². The summed E-state index contributed by atoms with van der Waals surface area (Å²) in [4.78, 5) is 45.8. The Balaban J connectivity index is 2.77. The maximum Gasteiger partial charge on any atom is 0.331 e. The molecule has 2 N–H and O–H groups in total. The van der Waals surface area contributed by atoms with Crippen LogP contribution >= 0.6 is 11.8 Å². The lowest BCUT2D eigenvalue weighted by Gasteiger charge is -2.14. The van der Waals surface area contributed by atoms with Crippen molar-refractivity contribution < 1.29 is 14.7 Å². The van der Waals surface area contributed by atoms with Gasteiger partial charge in [0.05, 0.1) is 0 Å². The Morgan fingerprint density at radius 1 is 1.43 bits per heavy atom. The van der Waals surface area contributed by atoms with Gasteiger partial charge in [-0.3, -0.25) is 18.7 Å². The second-order valence-electron chi connectivity index (χ2n) is 4.36. The van der Waals surface area contributed by atoms with Crippen LogP contribution in [0.5, 0.6) is 0 Å². The molecule has 0 bridgehead atoms. The van der Waals surface area contributed by atoms with Gasteiger partial charge < -0.3 is 10.4 Å². The number of aromatic nitrogens is 2. The molecule has 1 heterocycles. The zero-order valence-electron chi connectivity index (χ0n) is 11.7. The molecule has 1 aromatic rings. The minimum atomic E-state index is -1.12. The molecule has 0 saturated heterocycles. The largest absolute Gasteiger partial charge is 0.480 e. The number of aliphatic carboxylic acids is 1. The number of hydrogen-bond acceptors (Lipinski definition) is 5. The zero-order valence-corrected chi connectivity index (χ0v) is 12.6. The van der Waals surface area contributed by atoms with Gasteiger partial charge in [0, 0.05) is 19.3 Å². The highest BCUT2D eigenvalue weighted by Gasteiger charge is 2.19. The number of carboxylic acids is 1. The third-order valence-corrected chi connectivity index (χ3v) is 3.46. The molecule has 1 amide bonds. The summed E-state index contributed by atoms with van der Waals surface area (Å²) in [5.74, 6) is -1.12. The van der Waals surface area contributed by atoms with Gasteiger partial charge in [-0.25, -0.2) is 9.59 Å². The van der Waals surface area contributed by atoms with E-state index in [1.165, 1.54) is 25.0 Å². The van der Waals surface area contributed by atoms with E-state index in [0.29, 0.717) is 12.2 Å². The first-order chi connectivity index (χ1) is 9.86. The van der Waals surface area contributed by atoms with Crippen molar-refractivity contribution in [1.82, 2.24) is 14.5 Å². The van der Waals surface area contributed by atoms with Gasteiger partial charge in [0.2, 0.25) is 5.91 Å². The normalized spacial score (nSPS) is 11.9. The van der Waals surface area contributed by atoms with E-state index in [4.69, 9.17) is 5.11 Å². The fourth-order valence-electron chi connectivity index (χ4n) is 1.62. The Labute approximate surface area is 124 Å². The van der Waals surface area contributed by atoms with Gasteiger partial charge in [-0.15, -0.1) is 0 Å². The molecular weight excluding hydrogens is 298 g/mol. The average Bonchev–Trinajstić information content (AvgIpc) is 2.43. The molecule has 0 unspecified atom stereocenters. The quantitative estimate of drug-likeness (QED) is 0.659. The van der Waals surface area contributed by atoms with Crippen molar-refractivity contribution in [3.05, 3.63) is 33.1 Å². The molecule has 1 aromatic heterocycles. The highest BCUT2D eigenvalue weighted by molar-refractivity contribution is 7.98. The van der Waals surface area contributed by atoms with Gasteiger partial charge in [0.1, 0.15) is 12.6 Å². The fraction of sp³-hybridized carbons (Fsp3) is 0.500. The first-order valence-electron chi connectivity index (χ1n) is 6.14. The van der Waals surface area contributed by atoms with Crippen LogP contribution in [0.4, 0.5) is 0 Å². The number of rotatable bonds is 7. The van der Waals surface area contributed by atoms with Crippen LogP contribution in [0.3, 0.4) is 0 Å². The molecule has 0 radical (unpaired) electrons. The minimum absolute atomic E-state index is 0.296. The first kappa shape index (κ1) is 17.0. The van der Waals surface area contributed by atoms with Crippen LogP contribution in [0.2, 0.25) is 0 Å². The summed E-state index contributed by atoms with van der Waals surface area (Å²) >= 11 is 1.48. The first-order valence-corrected chi connectivity index (χ1v) is 7.53. The van der Waals surface area contributed by atoms with E-state index in [1.54, 1.807) is 0 Å². The standard InChI is InChI=1S/C12H17N3O5S/c1-14-10(17)3-5-15(12(14)20)7-9(16)13-8(11(18)19)4-6-21-2/h3,5,8H,4,6-7H2,1-2H3,(H,13,16)(H,18,19)/t8-/m1/s1. The summed E-state index contributed by atoms with van der Waals surface area (Å²) in [7, 11) is 1.30. The highest BCUT2D eigenvalue weighted by Crippen LogP contribution is 2.01. The Bertz CT molecular complexity index is 637. The molecule has 21 heavy (non-hydrogen) atoms. The predicted molar refractivity (Wildman–Crippen MR) is 78.5 cm³/mol. The van der Waals surface area contributed by atoms with Gasteiger partial charge in [0.15, 0.2) is 0 Å². The molecule has 0 aliphatic carbocycles. The fourth-order valence-corrected chi connectivity index (χ4v) is 2.10. The van der Waals surface area contributed by atoms with Crippen LogP contribution < -0.4 is 16.6 Å². The number of nitrogens with zero attached hydrogens (tertiary/aromatic N) is 2. The van der Waals surface area contributed by atoms with Gasteiger partial charge in [-0.2, -0.15) is 11.8 Å². The zero-order chi connectivity index (χ0) is 16.0. The number of carbonyl (C=O) groups excluding carboxylic acids is 1. The Morgan fingerprint density at radius 2 is 2.10 bits per heavy atom. The van der Waals surface area contributed by atoms with Crippen molar-refractivity contribution in [3.8, 4) is 0 Å². The molecule has 0 saturated carbocycles. The second kappa shape index (κ2) is 7.67. The number of hydrogen-bond donors (Lipinski definition) is 2. The summed E-state index contributed by atoms with van der Waals surface area (Å²) in [6.07, 6.45) is 3.34. The van der Waals surface area contributed by atoms with Crippen molar-refractivity contribution in [2.45, 2.75) is 19.0 Å². The van der Waals surface area contributed by atoms with E-state index in [0.717, 1.165) is 15.2 Å². The van der Waals surface area contributed by atoms with Crippen LogP contribution in [0.25, 0.3) is 0 Å². The second-order valence-corrected chi connectivity index (χ2v) is 5.35. The predicted octanol–water partition coefficient (Wildman–Crippen LogP) is -1.13. The van der Waals surface area contributed by atoms with Crippen LogP contribution in [0.15, 0.2) is 21.9 Å². The number of carboxylic acid groups (broad SMARTS) is 1. The number of amides is 1. The number of nitrogens with one attached hydrogen (secondary N) is 1. The number of thioether (sulfide) groups is 1. The maximum atomic E-state index is 11.8. The topological polar surface area (TPSA) is 110 Å². The molecule has 8 nitrogen and oxygen atoms in total. The summed E-state index contributed by atoms with van der Waals surface area (Å²) in [6, 6.07) is 0.171. The summed E-state index contributed by atoms with van der Waals surface area (Å²) < 4.78 is 1.92. The minimum Gasteiger partial charge on any atom is -0.480 e. The average molecular weight is 315 g/mol. The van der Waals surface area contributed by atoms with Crippen molar-refractivity contribution >= 4 is 23.6 Å². The lowest BCUT2D eigenvalue weighted by molar-refractivity contribution is -0.142. The lowest BCUT2D eigenvalue weighted by atomic mass is 10.2. The smallest absolute Gasteiger partial charge is 0.331 e. The molecule has 0 aliphatic rings. The Hall–Kier alpha value is -2.03. The maximum absolute atomic E-state index is 11.8. The van der Waals surface area contributed by atoms with E-state index < -0.39 is 29.2 Å². The van der Waals surface area contributed by atoms with Crippen molar-refractivity contribution in [1.29, 1.82) is 0 Å². The molecule has 9 heteroatoms. The lowest BCUT2D eigenvalue weighted by Crippen LogP contribution is -2.45. The SMILES string of the molecule is CSCC[C@@H](NC(=O)Cn1ccc(=O)n(C)c1=O)C(=O)O. The molecule has 1 atom stereocenters. The van der Waals surface area contributed by atoms with Crippen molar-refractivity contribution in [3.63, 3.8) is 0 Å². The summed E-state index contributed by atoms with van der Waals surface area (Å²) in [5, 5.41) is 11.4. The van der Waals surface area contributed by atoms with Crippen LogP contribution in [-0.2, 0) is 23.2 Å². The van der Waals surface area contributed by atoms with Gasteiger partial charge >= 0.3 is 11.7 Å². The number of carbonyl (C=O) groups is 2. The van der Waals surface area contributed by atoms with Crippen LogP contribution in [0, 0.1) is 0 Å². The molecule has 0 aliphatic heterocycles. The molecule has 0 fully saturated rings. The Morgan fingerprint density at radius 3 is 2.67 bits per heavy atom. The highest BCUT2D eigenvalue weighted by atomic mass is 32.2. The van der Waals surface area contributed by atoms with Gasteiger partial charge in [-0.1, -0.05) is 0 Å². The van der Waals surface area contributed by atoms with Crippen molar-refractivity contribution in [2.75, 3.05) is 12.0 Å². The monoisotopic (exact) mass is 315 g/mol. The Kier molecular flexibility index (Phi) is 6.22. The van der Waals surface area contributed by atoms with E-state index >= 15 is 0 Å². The van der Waals surface area contributed by atoms with E-state index in [2.05, 4.69) is 5.32 Å². The summed E-state index contributed by atoms with van der Waals surface area (Å²) in [5.41, 5.74) is -1.10. The molecule has 1 rings (SSSR count). The van der Waals surface area contributed by atoms with Gasteiger partial charge in [0.25, 0.3) is 5.56 Å². The molecule has 0 spiro atoms. The third kappa shape index (κ3) is 4.78. The molecular formula is C12H17N3O5S. The summed E-state index contributed by atoms with van der Waals surface area (Å²) in [6.45, 7) is -0.337. The van der Waals surface area contributed by atoms with E-state index in [9.17, 15) is 19.2 Å². The molecule has 116 valence electrons. The molecule has 0 aromatic carbocycles.